The molecule has 32 heavy (non-hydrogen) atoms. The SMILES string of the molecule is CCC1Oc2ccc(NS(=O)(=O)c3ccc(F)cc3)cc2CN(Cc2ccccc2)C1=O. The average Bonchev–Trinajstić information content (AvgIpc) is 2.90. The largest absolute Gasteiger partial charge is 0.480 e. The van der Waals surface area contributed by atoms with E-state index in [4.69, 9.17) is 4.74 Å². The average molecular weight is 455 g/mol. The van der Waals surface area contributed by atoms with Crippen LogP contribution in [0.25, 0.3) is 0 Å². The van der Waals surface area contributed by atoms with Gasteiger partial charge in [-0.25, -0.2) is 12.8 Å². The molecule has 1 unspecified atom stereocenters. The van der Waals surface area contributed by atoms with Crippen molar-refractivity contribution in [1.82, 2.24) is 4.90 Å². The first-order valence-corrected chi connectivity index (χ1v) is 11.7. The van der Waals surface area contributed by atoms with Gasteiger partial charge in [0.2, 0.25) is 0 Å². The number of ether oxygens (including phenoxy) is 1. The Morgan fingerprint density at radius 3 is 2.47 bits per heavy atom. The van der Waals surface area contributed by atoms with E-state index in [0.29, 0.717) is 30.0 Å². The Morgan fingerprint density at radius 2 is 1.78 bits per heavy atom. The fourth-order valence-electron chi connectivity index (χ4n) is 3.60. The zero-order valence-electron chi connectivity index (χ0n) is 17.5. The summed E-state index contributed by atoms with van der Waals surface area (Å²) in [5.41, 5.74) is 2.02. The molecule has 0 radical (unpaired) electrons. The summed E-state index contributed by atoms with van der Waals surface area (Å²) < 4.78 is 47.0. The van der Waals surface area contributed by atoms with Gasteiger partial charge in [-0.1, -0.05) is 37.3 Å². The Morgan fingerprint density at radius 1 is 1.06 bits per heavy atom. The van der Waals surface area contributed by atoms with Gasteiger partial charge in [0, 0.05) is 24.3 Å². The van der Waals surface area contributed by atoms with Gasteiger partial charge in [0.05, 0.1) is 4.90 Å². The molecule has 3 aromatic carbocycles. The van der Waals surface area contributed by atoms with Gasteiger partial charge in [-0.2, -0.15) is 0 Å². The Labute approximate surface area is 186 Å². The highest BCUT2D eigenvalue weighted by molar-refractivity contribution is 7.92. The number of carbonyl (C=O) groups is 1. The minimum Gasteiger partial charge on any atom is -0.480 e. The van der Waals surface area contributed by atoms with Gasteiger partial charge >= 0.3 is 0 Å². The smallest absolute Gasteiger partial charge is 0.264 e. The lowest BCUT2D eigenvalue weighted by molar-refractivity contribution is -0.139. The summed E-state index contributed by atoms with van der Waals surface area (Å²) in [4.78, 5) is 14.7. The summed E-state index contributed by atoms with van der Waals surface area (Å²) in [5.74, 6) is -0.0775. The maximum absolute atomic E-state index is 13.2. The molecule has 166 valence electrons. The molecule has 4 rings (SSSR count). The zero-order valence-corrected chi connectivity index (χ0v) is 18.3. The standard InChI is InChI=1S/C24H23FN2O4S/c1-2-22-24(28)27(15-17-6-4-3-5-7-17)16-18-14-20(10-13-23(18)31-22)26-32(29,30)21-11-8-19(25)9-12-21/h3-14,22,26H,2,15-16H2,1H3. The number of sulfonamides is 1. The minimum absolute atomic E-state index is 0.0444. The highest BCUT2D eigenvalue weighted by Gasteiger charge is 2.30. The van der Waals surface area contributed by atoms with Crippen LogP contribution in [0.15, 0.2) is 77.7 Å². The molecule has 0 spiro atoms. The van der Waals surface area contributed by atoms with Crippen molar-refractivity contribution in [2.75, 3.05) is 4.72 Å². The van der Waals surface area contributed by atoms with Gasteiger partial charge in [-0.3, -0.25) is 9.52 Å². The molecule has 0 aliphatic carbocycles. The van der Waals surface area contributed by atoms with Crippen LogP contribution in [0.2, 0.25) is 0 Å². The predicted octanol–water partition coefficient (Wildman–Crippen LogP) is 4.33. The first kappa shape index (κ1) is 21.8. The first-order valence-electron chi connectivity index (χ1n) is 10.3. The van der Waals surface area contributed by atoms with Crippen molar-refractivity contribution in [2.24, 2.45) is 0 Å². The minimum atomic E-state index is -3.89. The monoisotopic (exact) mass is 454 g/mol. The zero-order chi connectivity index (χ0) is 22.7. The molecular weight excluding hydrogens is 431 g/mol. The van der Waals surface area contributed by atoms with Crippen molar-refractivity contribution < 1.29 is 22.3 Å². The Kier molecular flexibility index (Phi) is 6.14. The molecular formula is C24H23FN2O4S. The van der Waals surface area contributed by atoms with Crippen molar-refractivity contribution in [3.8, 4) is 5.75 Å². The summed E-state index contributed by atoms with van der Waals surface area (Å²) in [5, 5.41) is 0. The lowest BCUT2D eigenvalue weighted by atomic mass is 10.1. The fraction of sp³-hybridized carbons (Fsp3) is 0.208. The van der Waals surface area contributed by atoms with Crippen LogP contribution in [-0.4, -0.2) is 25.3 Å². The normalized spacial score (nSPS) is 16.1. The summed E-state index contributed by atoms with van der Waals surface area (Å²) in [6, 6.07) is 19.2. The van der Waals surface area contributed by atoms with E-state index < -0.39 is 21.9 Å². The number of rotatable bonds is 6. The molecule has 0 saturated carbocycles. The van der Waals surface area contributed by atoms with E-state index in [-0.39, 0.29) is 17.3 Å². The van der Waals surface area contributed by atoms with Crippen LogP contribution in [0.4, 0.5) is 10.1 Å². The van der Waals surface area contributed by atoms with E-state index in [2.05, 4.69) is 4.72 Å². The number of nitrogens with one attached hydrogen (secondary N) is 1. The summed E-state index contributed by atoms with van der Waals surface area (Å²) >= 11 is 0. The van der Waals surface area contributed by atoms with Crippen molar-refractivity contribution in [3.05, 3.63) is 89.7 Å². The van der Waals surface area contributed by atoms with Crippen molar-refractivity contribution in [3.63, 3.8) is 0 Å². The predicted molar refractivity (Wildman–Crippen MR) is 119 cm³/mol. The van der Waals surface area contributed by atoms with Crippen LogP contribution < -0.4 is 9.46 Å². The number of halogens is 1. The van der Waals surface area contributed by atoms with Gasteiger partial charge < -0.3 is 9.64 Å². The molecule has 0 saturated heterocycles. The summed E-state index contributed by atoms with van der Waals surface area (Å²) in [6.45, 7) is 2.59. The van der Waals surface area contributed by atoms with Crippen molar-refractivity contribution >= 4 is 21.6 Å². The molecule has 1 amide bonds. The van der Waals surface area contributed by atoms with Gasteiger partial charge in [0.15, 0.2) is 6.10 Å². The topological polar surface area (TPSA) is 75.7 Å². The van der Waals surface area contributed by atoms with Crippen LogP contribution in [-0.2, 0) is 27.9 Å². The third kappa shape index (κ3) is 4.75. The van der Waals surface area contributed by atoms with E-state index in [1.165, 1.54) is 12.1 Å². The number of anilines is 1. The van der Waals surface area contributed by atoms with Crippen LogP contribution in [0, 0.1) is 5.82 Å². The van der Waals surface area contributed by atoms with Crippen molar-refractivity contribution in [1.29, 1.82) is 0 Å². The number of hydrogen-bond acceptors (Lipinski definition) is 4. The van der Waals surface area contributed by atoms with Gasteiger partial charge in [0.1, 0.15) is 11.6 Å². The lowest BCUT2D eigenvalue weighted by Gasteiger charge is -2.23. The van der Waals surface area contributed by atoms with E-state index in [9.17, 15) is 17.6 Å². The molecule has 1 heterocycles. The highest BCUT2D eigenvalue weighted by Crippen LogP contribution is 2.31. The lowest BCUT2D eigenvalue weighted by Crippen LogP contribution is -2.38. The summed E-state index contributed by atoms with van der Waals surface area (Å²) in [7, 11) is -3.89. The van der Waals surface area contributed by atoms with Crippen LogP contribution in [0.1, 0.15) is 24.5 Å². The number of benzene rings is 3. The van der Waals surface area contributed by atoms with Gasteiger partial charge in [-0.05, 0) is 54.4 Å². The third-order valence-electron chi connectivity index (χ3n) is 5.24. The second-order valence-electron chi connectivity index (χ2n) is 7.58. The van der Waals surface area contributed by atoms with Crippen LogP contribution in [0.5, 0.6) is 5.75 Å². The van der Waals surface area contributed by atoms with Gasteiger partial charge in [0.25, 0.3) is 15.9 Å². The van der Waals surface area contributed by atoms with E-state index in [1.807, 2.05) is 37.3 Å². The quantitative estimate of drug-likeness (QED) is 0.602. The third-order valence-corrected chi connectivity index (χ3v) is 6.64. The fourth-order valence-corrected chi connectivity index (χ4v) is 4.65. The molecule has 6 nitrogen and oxygen atoms in total. The molecule has 3 aromatic rings. The summed E-state index contributed by atoms with van der Waals surface area (Å²) in [6.07, 6.45) is -0.0931. The second-order valence-corrected chi connectivity index (χ2v) is 9.26. The molecule has 1 aliphatic rings. The first-order chi connectivity index (χ1) is 15.4. The molecule has 1 aliphatic heterocycles. The Hall–Kier alpha value is -3.39. The molecule has 1 atom stereocenters. The van der Waals surface area contributed by atoms with Crippen LogP contribution in [0.3, 0.4) is 0 Å². The number of nitrogens with zero attached hydrogens (tertiary/aromatic N) is 1. The number of hydrogen-bond donors (Lipinski definition) is 1. The second kappa shape index (κ2) is 9.00. The number of amides is 1. The van der Waals surface area contributed by atoms with Gasteiger partial charge in [-0.15, -0.1) is 0 Å². The van der Waals surface area contributed by atoms with E-state index in [0.717, 1.165) is 17.7 Å². The molecule has 0 bridgehead atoms. The number of carbonyl (C=O) groups excluding carboxylic acids is 1. The molecule has 1 N–H and O–H groups in total. The number of fused-ring (bicyclic) bond motifs is 1. The maximum Gasteiger partial charge on any atom is 0.264 e. The molecule has 8 heteroatoms. The molecule has 0 aromatic heterocycles. The maximum atomic E-state index is 13.2. The van der Waals surface area contributed by atoms with Crippen molar-refractivity contribution in [2.45, 2.75) is 37.4 Å². The molecule has 0 fully saturated rings. The highest BCUT2D eigenvalue weighted by atomic mass is 32.2. The van der Waals surface area contributed by atoms with Crippen LogP contribution >= 0.6 is 0 Å². The Bertz CT molecular complexity index is 1210. The van der Waals surface area contributed by atoms with E-state index >= 15 is 0 Å². The Balaban J connectivity index is 1.62. The van der Waals surface area contributed by atoms with E-state index in [1.54, 1.807) is 23.1 Å².